The number of aryl methyl sites for hydroxylation is 1. The molecule has 5 nitrogen and oxygen atoms in total. The van der Waals surface area contributed by atoms with Gasteiger partial charge in [0.1, 0.15) is 5.75 Å². The molecule has 3 rings (SSSR count). The van der Waals surface area contributed by atoms with Crippen LogP contribution in [0.3, 0.4) is 0 Å². The summed E-state index contributed by atoms with van der Waals surface area (Å²) in [5.41, 5.74) is 3.51. The first-order valence-corrected chi connectivity index (χ1v) is 9.94. The third-order valence-electron chi connectivity index (χ3n) is 5.46. The van der Waals surface area contributed by atoms with Crippen LogP contribution in [-0.4, -0.2) is 62.6 Å². The SMILES string of the molecule is COc1ccc(CC(=O)NCC(c2ccc(C)cc2)N2CCN(C)CC2)cc1. The molecule has 0 saturated carbocycles. The molecule has 1 aliphatic rings. The Morgan fingerprint density at radius 2 is 1.68 bits per heavy atom. The summed E-state index contributed by atoms with van der Waals surface area (Å²) in [5.74, 6) is 0.857. The van der Waals surface area contributed by atoms with Gasteiger partial charge < -0.3 is 15.0 Å². The molecule has 1 saturated heterocycles. The Kier molecular flexibility index (Phi) is 7.06. The molecule has 1 fully saturated rings. The molecule has 28 heavy (non-hydrogen) atoms. The zero-order valence-corrected chi connectivity index (χ0v) is 17.1. The van der Waals surface area contributed by atoms with Crippen LogP contribution in [0.2, 0.25) is 0 Å². The zero-order valence-electron chi connectivity index (χ0n) is 17.1. The van der Waals surface area contributed by atoms with Gasteiger partial charge in [-0.3, -0.25) is 9.69 Å². The third-order valence-corrected chi connectivity index (χ3v) is 5.46. The quantitative estimate of drug-likeness (QED) is 0.801. The van der Waals surface area contributed by atoms with Gasteiger partial charge in [-0.05, 0) is 37.2 Å². The summed E-state index contributed by atoms with van der Waals surface area (Å²) >= 11 is 0. The highest BCUT2D eigenvalue weighted by Gasteiger charge is 2.24. The van der Waals surface area contributed by atoms with Gasteiger partial charge in [-0.1, -0.05) is 42.0 Å². The van der Waals surface area contributed by atoms with Crippen LogP contribution in [0.1, 0.15) is 22.7 Å². The van der Waals surface area contributed by atoms with E-state index in [0.717, 1.165) is 37.5 Å². The van der Waals surface area contributed by atoms with Crippen molar-refractivity contribution in [1.29, 1.82) is 0 Å². The summed E-state index contributed by atoms with van der Waals surface area (Å²) in [6.07, 6.45) is 0.382. The minimum Gasteiger partial charge on any atom is -0.497 e. The van der Waals surface area contributed by atoms with E-state index in [4.69, 9.17) is 4.74 Å². The van der Waals surface area contributed by atoms with E-state index in [9.17, 15) is 4.79 Å². The summed E-state index contributed by atoms with van der Waals surface area (Å²) in [7, 11) is 3.81. The maximum Gasteiger partial charge on any atom is 0.224 e. The van der Waals surface area contributed by atoms with Gasteiger partial charge in [-0.25, -0.2) is 0 Å². The standard InChI is InChI=1S/C23H31N3O2/c1-18-4-8-20(9-5-18)22(26-14-12-25(2)13-15-26)17-24-23(27)16-19-6-10-21(28-3)11-7-19/h4-11,22H,12-17H2,1-3H3,(H,24,27). The highest BCUT2D eigenvalue weighted by atomic mass is 16.5. The fourth-order valence-corrected chi connectivity index (χ4v) is 3.58. The molecule has 1 amide bonds. The number of piperazine rings is 1. The Balaban J connectivity index is 1.63. The van der Waals surface area contributed by atoms with E-state index >= 15 is 0 Å². The van der Waals surface area contributed by atoms with Gasteiger partial charge in [0.2, 0.25) is 5.91 Å². The molecule has 0 aromatic heterocycles. The first-order valence-electron chi connectivity index (χ1n) is 9.94. The summed E-state index contributed by atoms with van der Waals surface area (Å²) in [6, 6.07) is 16.5. The van der Waals surface area contributed by atoms with E-state index in [1.807, 2.05) is 24.3 Å². The number of ether oxygens (including phenoxy) is 1. The minimum atomic E-state index is 0.0522. The van der Waals surface area contributed by atoms with Gasteiger partial charge in [0.05, 0.1) is 19.6 Å². The molecule has 0 radical (unpaired) electrons. The number of hydrogen-bond donors (Lipinski definition) is 1. The van der Waals surface area contributed by atoms with E-state index in [0.29, 0.717) is 13.0 Å². The number of carbonyl (C=O) groups excluding carboxylic acids is 1. The number of carbonyl (C=O) groups is 1. The topological polar surface area (TPSA) is 44.8 Å². The molecule has 0 bridgehead atoms. The van der Waals surface area contributed by atoms with Crippen molar-refractivity contribution >= 4 is 5.91 Å². The predicted octanol–water partition coefficient (Wildman–Crippen LogP) is 2.65. The smallest absolute Gasteiger partial charge is 0.224 e. The van der Waals surface area contributed by atoms with Gasteiger partial charge in [-0.15, -0.1) is 0 Å². The third kappa shape index (κ3) is 5.57. The van der Waals surface area contributed by atoms with Crippen LogP contribution in [0.15, 0.2) is 48.5 Å². The predicted molar refractivity (Wildman–Crippen MR) is 113 cm³/mol. The zero-order chi connectivity index (χ0) is 19.9. The number of rotatable bonds is 7. The minimum absolute atomic E-state index is 0.0522. The van der Waals surface area contributed by atoms with Gasteiger partial charge in [-0.2, -0.15) is 0 Å². The lowest BCUT2D eigenvalue weighted by Crippen LogP contribution is -2.48. The molecule has 0 aliphatic carbocycles. The second-order valence-electron chi connectivity index (χ2n) is 7.59. The normalized spacial score (nSPS) is 16.5. The van der Waals surface area contributed by atoms with Gasteiger partial charge >= 0.3 is 0 Å². The van der Waals surface area contributed by atoms with Gasteiger partial charge in [0, 0.05) is 32.7 Å². The lowest BCUT2D eigenvalue weighted by atomic mass is 10.0. The number of benzene rings is 2. The highest BCUT2D eigenvalue weighted by molar-refractivity contribution is 5.78. The summed E-state index contributed by atoms with van der Waals surface area (Å²) in [4.78, 5) is 17.4. The molecule has 5 heteroatoms. The van der Waals surface area contributed by atoms with Crippen LogP contribution in [-0.2, 0) is 11.2 Å². The van der Waals surface area contributed by atoms with Crippen LogP contribution in [0.4, 0.5) is 0 Å². The van der Waals surface area contributed by atoms with Crippen LogP contribution in [0, 0.1) is 6.92 Å². The number of likely N-dealkylation sites (N-methyl/N-ethyl adjacent to an activating group) is 1. The van der Waals surface area contributed by atoms with Crippen molar-refractivity contribution in [2.45, 2.75) is 19.4 Å². The van der Waals surface area contributed by atoms with Crippen molar-refractivity contribution in [2.24, 2.45) is 0 Å². The van der Waals surface area contributed by atoms with Crippen LogP contribution in [0.5, 0.6) is 5.75 Å². The molecule has 0 spiro atoms. The lowest BCUT2D eigenvalue weighted by Gasteiger charge is -2.38. The average Bonchev–Trinajstić information content (AvgIpc) is 2.71. The van der Waals surface area contributed by atoms with E-state index in [1.54, 1.807) is 7.11 Å². The van der Waals surface area contributed by atoms with Crippen molar-refractivity contribution in [3.63, 3.8) is 0 Å². The fourth-order valence-electron chi connectivity index (χ4n) is 3.58. The molecule has 1 aliphatic heterocycles. The van der Waals surface area contributed by atoms with Crippen molar-refractivity contribution in [3.05, 3.63) is 65.2 Å². The second kappa shape index (κ2) is 9.71. The summed E-state index contributed by atoms with van der Waals surface area (Å²) < 4.78 is 5.18. The molecule has 1 heterocycles. The molecule has 1 unspecified atom stereocenters. The van der Waals surface area contributed by atoms with Gasteiger partial charge in [0.25, 0.3) is 0 Å². The molecule has 1 atom stereocenters. The second-order valence-corrected chi connectivity index (χ2v) is 7.59. The fraction of sp³-hybridized carbons (Fsp3) is 0.435. The van der Waals surface area contributed by atoms with Crippen molar-refractivity contribution < 1.29 is 9.53 Å². The van der Waals surface area contributed by atoms with Crippen LogP contribution in [0.25, 0.3) is 0 Å². The number of amides is 1. The average molecular weight is 382 g/mol. The monoisotopic (exact) mass is 381 g/mol. The van der Waals surface area contributed by atoms with E-state index in [-0.39, 0.29) is 11.9 Å². The molecular formula is C23H31N3O2. The van der Waals surface area contributed by atoms with E-state index in [1.165, 1.54) is 11.1 Å². The Hall–Kier alpha value is -2.37. The Morgan fingerprint density at radius 1 is 1.04 bits per heavy atom. The van der Waals surface area contributed by atoms with Crippen molar-refractivity contribution in [1.82, 2.24) is 15.1 Å². The summed E-state index contributed by atoms with van der Waals surface area (Å²) in [6.45, 7) is 6.88. The van der Waals surface area contributed by atoms with E-state index < -0.39 is 0 Å². The molecule has 1 N–H and O–H groups in total. The van der Waals surface area contributed by atoms with Crippen molar-refractivity contribution in [2.75, 3.05) is 46.9 Å². The van der Waals surface area contributed by atoms with Crippen LogP contribution < -0.4 is 10.1 Å². The lowest BCUT2D eigenvalue weighted by molar-refractivity contribution is -0.120. The Labute approximate surface area is 168 Å². The molecule has 150 valence electrons. The Morgan fingerprint density at radius 3 is 2.29 bits per heavy atom. The van der Waals surface area contributed by atoms with Gasteiger partial charge in [0.15, 0.2) is 0 Å². The number of nitrogens with zero attached hydrogens (tertiary/aromatic N) is 2. The molecular weight excluding hydrogens is 350 g/mol. The van der Waals surface area contributed by atoms with E-state index in [2.05, 4.69) is 53.4 Å². The first-order chi connectivity index (χ1) is 13.5. The molecule has 2 aromatic rings. The number of nitrogens with one attached hydrogen (secondary N) is 1. The Bertz CT molecular complexity index is 750. The first kappa shape index (κ1) is 20.4. The highest BCUT2D eigenvalue weighted by Crippen LogP contribution is 2.22. The largest absolute Gasteiger partial charge is 0.497 e. The van der Waals surface area contributed by atoms with Crippen molar-refractivity contribution in [3.8, 4) is 5.75 Å². The maximum absolute atomic E-state index is 12.5. The number of hydrogen-bond acceptors (Lipinski definition) is 4. The van der Waals surface area contributed by atoms with Crippen LogP contribution >= 0.6 is 0 Å². The number of methoxy groups -OCH3 is 1. The summed E-state index contributed by atoms with van der Waals surface area (Å²) in [5, 5.41) is 3.16. The molecule has 2 aromatic carbocycles. The maximum atomic E-state index is 12.5.